The molecule has 0 saturated carbocycles. The maximum Gasteiger partial charge on any atom is 0.271 e. The number of halogens is 1. The van der Waals surface area contributed by atoms with E-state index >= 15 is 0 Å². The van der Waals surface area contributed by atoms with E-state index in [-0.39, 0.29) is 28.6 Å². The van der Waals surface area contributed by atoms with Gasteiger partial charge in [-0.1, -0.05) is 39.3 Å². The van der Waals surface area contributed by atoms with Crippen LogP contribution in [0.1, 0.15) is 49.9 Å². The maximum atomic E-state index is 12.1. The largest absolute Gasteiger partial charge is 0.379 e. The van der Waals surface area contributed by atoms with Crippen molar-refractivity contribution >= 4 is 17.5 Å². The number of nitrogens with one attached hydrogen (secondary N) is 1. The molecule has 0 fully saturated rings. The van der Waals surface area contributed by atoms with Gasteiger partial charge in [-0.2, -0.15) is 0 Å². The zero-order chi connectivity index (χ0) is 15.3. The number of ether oxygens (including phenoxy) is 1. The Bertz CT molecular complexity index is 464. The van der Waals surface area contributed by atoms with Crippen molar-refractivity contribution in [2.24, 2.45) is 5.92 Å². The van der Waals surface area contributed by atoms with Crippen LogP contribution in [0.5, 0.6) is 0 Å². The van der Waals surface area contributed by atoms with E-state index in [1.165, 1.54) is 6.20 Å². The van der Waals surface area contributed by atoms with Gasteiger partial charge in [-0.3, -0.25) is 4.79 Å². The maximum absolute atomic E-state index is 12.1. The minimum absolute atomic E-state index is 0.0378. The molecule has 0 spiro atoms. The van der Waals surface area contributed by atoms with Gasteiger partial charge >= 0.3 is 0 Å². The summed E-state index contributed by atoms with van der Waals surface area (Å²) in [6.07, 6.45) is 1.43. The number of hydrogen-bond donors (Lipinski definition) is 1. The van der Waals surface area contributed by atoms with Crippen LogP contribution < -0.4 is 5.32 Å². The lowest BCUT2D eigenvalue weighted by Crippen LogP contribution is -2.36. The van der Waals surface area contributed by atoms with Crippen molar-refractivity contribution in [2.45, 2.75) is 39.7 Å². The lowest BCUT2D eigenvalue weighted by molar-refractivity contribution is 0.0603. The molecule has 1 atom stereocenters. The second-order valence-electron chi connectivity index (χ2n) is 5.31. The highest BCUT2D eigenvalue weighted by molar-refractivity contribution is 6.33. The Hall–Kier alpha value is -1.20. The van der Waals surface area contributed by atoms with Crippen LogP contribution in [0, 0.1) is 5.92 Å². The van der Waals surface area contributed by atoms with Gasteiger partial charge < -0.3 is 10.1 Å². The van der Waals surface area contributed by atoms with Gasteiger partial charge in [0, 0.05) is 19.6 Å². The molecule has 0 aliphatic heterocycles. The first-order valence-corrected chi connectivity index (χ1v) is 7.08. The van der Waals surface area contributed by atoms with E-state index < -0.39 is 0 Å². The summed E-state index contributed by atoms with van der Waals surface area (Å²) in [7, 11) is 1.63. The summed E-state index contributed by atoms with van der Waals surface area (Å²) >= 11 is 5.99. The second kappa shape index (κ2) is 7.55. The lowest BCUT2D eigenvalue weighted by atomic mass is 10.1. The van der Waals surface area contributed by atoms with Crippen molar-refractivity contribution in [3.8, 4) is 0 Å². The molecule has 6 heteroatoms. The fourth-order valence-electron chi connectivity index (χ4n) is 1.69. The predicted octanol–water partition coefficient (Wildman–Crippen LogP) is 2.65. The SMILES string of the molecule is CO[C@@H](CNC(=O)c1nc(C(C)C)ncc1Cl)C(C)C. The zero-order valence-corrected chi connectivity index (χ0v) is 13.4. The highest BCUT2D eigenvalue weighted by Crippen LogP contribution is 2.16. The van der Waals surface area contributed by atoms with Gasteiger partial charge in [-0.05, 0) is 5.92 Å². The first kappa shape index (κ1) is 16.9. The van der Waals surface area contributed by atoms with E-state index in [0.29, 0.717) is 18.3 Å². The summed E-state index contributed by atoms with van der Waals surface area (Å²) in [5.74, 6) is 0.752. The van der Waals surface area contributed by atoms with Crippen molar-refractivity contribution in [3.05, 3.63) is 22.7 Å². The third-order valence-corrected chi connectivity index (χ3v) is 3.28. The number of amides is 1. The molecule has 112 valence electrons. The number of methoxy groups -OCH3 is 1. The molecule has 5 nitrogen and oxygen atoms in total. The smallest absolute Gasteiger partial charge is 0.271 e. The summed E-state index contributed by atoms with van der Waals surface area (Å²) in [6.45, 7) is 8.42. The van der Waals surface area contributed by atoms with Crippen molar-refractivity contribution in [1.82, 2.24) is 15.3 Å². The van der Waals surface area contributed by atoms with Crippen LogP contribution in [0.3, 0.4) is 0 Å². The molecule has 1 amide bonds. The van der Waals surface area contributed by atoms with Crippen molar-refractivity contribution < 1.29 is 9.53 Å². The molecule has 1 heterocycles. The fraction of sp³-hybridized carbons (Fsp3) is 0.643. The lowest BCUT2D eigenvalue weighted by Gasteiger charge is -2.19. The van der Waals surface area contributed by atoms with Crippen molar-refractivity contribution in [3.63, 3.8) is 0 Å². The van der Waals surface area contributed by atoms with Crippen LogP contribution >= 0.6 is 11.6 Å². The molecular weight excluding hydrogens is 278 g/mol. The zero-order valence-electron chi connectivity index (χ0n) is 12.6. The molecule has 20 heavy (non-hydrogen) atoms. The normalized spacial score (nSPS) is 12.8. The van der Waals surface area contributed by atoms with Gasteiger partial charge in [0.25, 0.3) is 5.91 Å². The molecule has 1 aromatic heterocycles. The van der Waals surface area contributed by atoms with E-state index in [1.807, 2.05) is 27.7 Å². The Balaban J connectivity index is 2.79. The first-order valence-electron chi connectivity index (χ1n) is 6.70. The topological polar surface area (TPSA) is 64.1 Å². The molecule has 0 bridgehead atoms. The van der Waals surface area contributed by atoms with Crippen molar-refractivity contribution in [2.75, 3.05) is 13.7 Å². The summed E-state index contributed by atoms with van der Waals surface area (Å²) < 4.78 is 5.31. The van der Waals surface area contributed by atoms with Crippen LogP contribution in [0.2, 0.25) is 5.02 Å². The molecule has 0 unspecified atom stereocenters. The van der Waals surface area contributed by atoms with Crippen LogP contribution in [-0.2, 0) is 4.74 Å². The number of hydrogen-bond acceptors (Lipinski definition) is 4. The average Bonchev–Trinajstić information content (AvgIpc) is 2.38. The number of carbonyl (C=O) groups is 1. The van der Waals surface area contributed by atoms with E-state index in [0.717, 1.165) is 0 Å². The van der Waals surface area contributed by atoms with Gasteiger partial charge in [0.2, 0.25) is 0 Å². The van der Waals surface area contributed by atoms with Crippen LogP contribution in [0.25, 0.3) is 0 Å². The molecule has 0 saturated heterocycles. The Morgan fingerprint density at radius 1 is 1.40 bits per heavy atom. The standard InChI is InChI=1S/C14H22ClN3O2/c1-8(2)11(20-5)7-17-14(19)12-10(15)6-16-13(18-12)9(3)4/h6,8-9,11H,7H2,1-5H3,(H,17,19)/t11-/m0/s1. The number of rotatable bonds is 6. The summed E-state index contributed by atoms with van der Waals surface area (Å²) in [4.78, 5) is 20.5. The Labute approximate surface area is 125 Å². The van der Waals surface area contributed by atoms with Gasteiger partial charge in [0.15, 0.2) is 0 Å². The molecular formula is C14H22ClN3O2. The molecule has 1 aromatic rings. The van der Waals surface area contributed by atoms with E-state index in [9.17, 15) is 4.79 Å². The van der Waals surface area contributed by atoms with Gasteiger partial charge in [0.1, 0.15) is 11.5 Å². The van der Waals surface area contributed by atoms with E-state index in [4.69, 9.17) is 16.3 Å². The molecule has 0 aromatic carbocycles. The van der Waals surface area contributed by atoms with Crippen LogP contribution in [0.15, 0.2) is 6.20 Å². The first-order chi connectivity index (χ1) is 9.36. The third kappa shape index (κ3) is 4.42. The Morgan fingerprint density at radius 2 is 2.05 bits per heavy atom. The van der Waals surface area contributed by atoms with Crippen LogP contribution in [-0.4, -0.2) is 35.6 Å². The second-order valence-corrected chi connectivity index (χ2v) is 5.71. The summed E-state index contributed by atoms with van der Waals surface area (Å²) in [5.41, 5.74) is 0.212. The number of carbonyl (C=O) groups excluding carboxylic acids is 1. The predicted molar refractivity (Wildman–Crippen MR) is 79.1 cm³/mol. The Kier molecular flexibility index (Phi) is 6.36. The van der Waals surface area contributed by atoms with Gasteiger partial charge in [-0.25, -0.2) is 9.97 Å². The fourth-order valence-corrected chi connectivity index (χ4v) is 1.86. The monoisotopic (exact) mass is 299 g/mol. The third-order valence-electron chi connectivity index (χ3n) is 3.00. The highest BCUT2D eigenvalue weighted by atomic mass is 35.5. The summed E-state index contributed by atoms with van der Waals surface area (Å²) in [5, 5.41) is 3.05. The molecule has 1 rings (SSSR count). The molecule has 0 aliphatic carbocycles. The quantitative estimate of drug-likeness (QED) is 0.877. The van der Waals surface area contributed by atoms with E-state index in [1.54, 1.807) is 7.11 Å². The Morgan fingerprint density at radius 3 is 2.55 bits per heavy atom. The average molecular weight is 300 g/mol. The van der Waals surface area contributed by atoms with Gasteiger partial charge in [0.05, 0.1) is 17.3 Å². The minimum atomic E-state index is -0.304. The molecule has 0 aliphatic rings. The van der Waals surface area contributed by atoms with Crippen molar-refractivity contribution in [1.29, 1.82) is 0 Å². The molecule has 1 N–H and O–H groups in total. The highest BCUT2D eigenvalue weighted by Gasteiger charge is 2.18. The van der Waals surface area contributed by atoms with Crippen LogP contribution in [0.4, 0.5) is 0 Å². The number of aromatic nitrogens is 2. The van der Waals surface area contributed by atoms with E-state index in [2.05, 4.69) is 15.3 Å². The summed E-state index contributed by atoms with van der Waals surface area (Å²) in [6, 6.07) is 0. The van der Waals surface area contributed by atoms with Gasteiger partial charge in [-0.15, -0.1) is 0 Å². The molecule has 0 radical (unpaired) electrons. The minimum Gasteiger partial charge on any atom is -0.379 e. The number of nitrogens with zero attached hydrogens (tertiary/aromatic N) is 2.